The van der Waals surface area contributed by atoms with E-state index >= 15 is 0 Å². The van der Waals surface area contributed by atoms with E-state index in [1.54, 1.807) is 48.5 Å². The average Bonchev–Trinajstić information content (AvgIpc) is 3.35. The Balaban J connectivity index is 1.26. The Morgan fingerprint density at radius 2 is 1.83 bits per heavy atom. The van der Waals surface area contributed by atoms with Crippen LogP contribution in [0.15, 0.2) is 65.6 Å². The van der Waals surface area contributed by atoms with Crippen molar-refractivity contribution in [2.24, 2.45) is 17.8 Å². The minimum absolute atomic E-state index is 0.0918. The van der Waals surface area contributed by atoms with Crippen molar-refractivity contribution in [2.75, 3.05) is 11.9 Å². The molecule has 2 bridgehead atoms. The van der Waals surface area contributed by atoms with E-state index in [2.05, 4.69) is 27.5 Å². The topological polar surface area (TPSA) is 87.3 Å². The minimum atomic E-state index is -3.59. The Bertz CT molecular complexity index is 1080. The van der Waals surface area contributed by atoms with Gasteiger partial charge >= 0.3 is 0 Å². The second-order valence-electron chi connectivity index (χ2n) is 8.07. The van der Waals surface area contributed by atoms with E-state index in [0.29, 0.717) is 35.5 Å². The van der Waals surface area contributed by atoms with Gasteiger partial charge in [0.2, 0.25) is 10.0 Å². The molecule has 1 saturated carbocycles. The molecule has 7 heteroatoms. The minimum Gasteiger partial charge on any atom is -0.364 e. The maximum absolute atomic E-state index is 12.5. The van der Waals surface area contributed by atoms with Crippen LogP contribution in [0.25, 0.3) is 0 Å². The van der Waals surface area contributed by atoms with Gasteiger partial charge in [0.25, 0.3) is 5.91 Å². The third kappa shape index (κ3) is 3.45. The third-order valence-corrected chi connectivity index (χ3v) is 7.68. The van der Waals surface area contributed by atoms with E-state index in [9.17, 15) is 13.2 Å². The highest BCUT2D eigenvalue weighted by molar-refractivity contribution is 7.89. The van der Waals surface area contributed by atoms with Crippen molar-refractivity contribution < 1.29 is 13.2 Å². The molecule has 0 saturated heterocycles. The Kier molecular flexibility index (Phi) is 4.44. The summed E-state index contributed by atoms with van der Waals surface area (Å²) in [6, 6.07) is 13.8. The molecule has 0 aromatic heterocycles. The summed E-state index contributed by atoms with van der Waals surface area (Å²) in [4.78, 5) is 12.7. The molecule has 3 aliphatic rings. The summed E-state index contributed by atoms with van der Waals surface area (Å²) in [5.41, 5.74) is 1.89. The summed E-state index contributed by atoms with van der Waals surface area (Å²) in [5.74, 6) is 1.74. The fourth-order valence-corrected chi connectivity index (χ4v) is 5.96. The van der Waals surface area contributed by atoms with Gasteiger partial charge in [-0.2, -0.15) is 4.72 Å². The Morgan fingerprint density at radius 1 is 1.03 bits per heavy atom. The molecule has 1 amide bonds. The number of hydrogen-bond acceptors (Lipinski definition) is 4. The van der Waals surface area contributed by atoms with Crippen molar-refractivity contribution in [2.45, 2.75) is 23.9 Å². The predicted octanol–water partition coefficient (Wildman–Crippen LogP) is 3.03. The number of carbonyl (C=O) groups is 1. The molecule has 2 aromatic rings. The van der Waals surface area contributed by atoms with Gasteiger partial charge in [-0.25, -0.2) is 8.42 Å². The molecule has 4 unspecified atom stereocenters. The highest BCUT2D eigenvalue weighted by Crippen LogP contribution is 2.43. The molecule has 3 N–H and O–H groups in total. The zero-order valence-electron chi connectivity index (χ0n) is 15.8. The van der Waals surface area contributed by atoms with Crippen LogP contribution in [0.3, 0.4) is 0 Å². The van der Waals surface area contributed by atoms with Crippen LogP contribution in [0.1, 0.15) is 34.9 Å². The van der Waals surface area contributed by atoms with Gasteiger partial charge in [-0.05, 0) is 60.4 Å². The summed E-state index contributed by atoms with van der Waals surface area (Å²) in [6.07, 6.45) is 6.40. The number of fused-ring (bicyclic) bond motifs is 3. The van der Waals surface area contributed by atoms with Gasteiger partial charge in [-0.3, -0.25) is 4.79 Å². The number of amides is 1. The van der Waals surface area contributed by atoms with Gasteiger partial charge in [0.05, 0.1) is 5.69 Å². The van der Waals surface area contributed by atoms with Crippen molar-refractivity contribution in [1.29, 1.82) is 0 Å². The number of allylic oxidation sites excluding steroid dienone is 2. The van der Waals surface area contributed by atoms with Crippen molar-refractivity contribution >= 4 is 21.6 Å². The molecule has 2 aromatic carbocycles. The van der Waals surface area contributed by atoms with Gasteiger partial charge in [-0.15, -0.1) is 0 Å². The highest BCUT2D eigenvalue weighted by Gasteiger charge is 2.35. The fourth-order valence-electron chi connectivity index (χ4n) is 4.66. The molecule has 4 atom stereocenters. The number of anilines is 1. The zero-order valence-corrected chi connectivity index (χ0v) is 16.7. The summed E-state index contributed by atoms with van der Waals surface area (Å²) in [5, 5.41) is 6.25. The Morgan fingerprint density at radius 3 is 2.55 bits per heavy atom. The van der Waals surface area contributed by atoms with Crippen LogP contribution in [0, 0.1) is 17.8 Å². The molecule has 29 heavy (non-hydrogen) atoms. The van der Waals surface area contributed by atoms with Crippen LogP contribution < -0.4 is 15.4 Å². The largest absolute Gasteiger partial charge is 0.364 e. The number of benzene rings is 2. The second kappa shape index (κ2) is 7.00. The molecular weight excluding hydrogens is 386 g/mol. The first-order valence-electron chi connectivity index (χ1n) is 9.94. The zero-order chi connectivity index (χ0) is 20.0. The molecule has 2 aliphatic carbocycles. The van der Waals surface area contributed by atoms with Crippen molar-refractivity contribution in [3.05, 3.63) is 71.8 Å². The Hall–Kier alpha value is -2.64. The number of carbonyl (C=O) groups excluding carboxylic acids is 1. The lowest BCUT2D eigenvalue weighted by atomic mass is 9.93. The molecule has 1 aliphatic heterocycles. The SMILES string of the molecule is O=C(NCC1CC2C=CC1C2)c1ccc(C2Nc3ccccc3S(=O)(=O)N2)cc1. The van der Waals surface area contributed by atoms with E-state index in [-0.39, 0.29) is 10.8 Å². The van der Waals surface area contributed by atoms with Crippen molar-refractivity contribution in [3.63, 3.8) is 0 Å². The molecule has 150 valence electrons. The van der Waals surface area contributed by atoms with Gasteiger partial charge in [-0.1, -0.05) is 36.4 Å². The standard InChI is InChI=1S/C22H23N3O3S/c26-22(23-13-18-12-14-5-6-17(18)11-14)16-9-7-15(8-10-16)21-24-19-3-1-2-4-20(19)29(27,28)25-21/h1-10,14,17-18,21,24-25H,11-13H2,(H,23,26). The quantitative estimate of drug-likeness (QED) is 0.678. The van der Waals surface area contributed by atoms with Crippen molar-refractivity contribution in [3.8, 4) is 0 Å². The van der Waals surface area contributed by atoms with Gasteiger partial charge in [0.1, 0.15) is 11.1 Å². The van der Waals surface area contributed by atoms with Crippen LogP contribution in [-0.4, -0.2) is 20.9 Å². The van der Waals surface area contributed by atoms with E-state index < -0.39 is 16.2 Å². The number of rotatable bonds is 4. The van der Waals surface area contributed by atoms with Crippen LogP contribution in [0.5, 0.6) is 0 Å². The molecule has 0 radical (unpaired) electrons. The smallest absolute Gasteiger partial charge is 0.251 e. The molecule has 6 nitrogen and oxygen atoms in total. The lowest BCUT2D eigenvalue weighted by Gasteiger charge is -2.28. The summed E-state index contributed by atoms with van der Waals surface area (Å²) >= 11 is 0. The highest BCUT2D eigenvalue weighted by atomic mass is 32.2. The van der Waals surface area contributed by atoms with Crippen molar-refractivity contribution in [1.82, 2.24) is 10.0 Å². The Labute approximate surface area is 170 Å². The van der Waals surface area contributed by atoms with Gasteiger partial charge in [0, 0.05) is 12.1 Å². The third-order valence-electron chi connectivity index (χ3n) is 6.20. The molecule has 1 heterocycles. The summed E-state index contributed by atoms with van der Waals surface area (Å²) in [6.45, 7) is 0.701. The number of nitrogens with one attached hydrogen (secondary N) is 3. The first-order chi connectivity index (χ1) is 14.0. The first-order valence-corrected chi connectivity index (χ1v) is 11.4. The van der Waals surface area contributed by atoms with E-state index in [0.717, 1.165) is 12.0 Å². The normalized spacial score (nSPS) is 28.6. The van der Waals surface area contributed by atoms with Gasteiger partial charge < -0.3 is 10.6 Å². The molecule has 1 fully saturated rings. The number of para-hydroxylation sites is 1. The monoisotopic (exact) mass is 409 g/mol. The maximum Gasteiger partial charge on any atom is 0.251 e. The molecular formula is C22H23N3O3S. The summed E-state index contributed by atoms with van der Waals surface area (Å²) in [7, 11) is -3.59. The maximum atomic E-state index is 12.5. The lowest BCUT2D eigenvalue weighted by Crippen LogP contribution is -2.38. The number of hydrogen-bond donors (Lipinski definition) is 3. The summed E-state index contributed by atoms with van der Waals surface area (Å²) < 4.78 is 27.6. The fraction of sp³-hybridized carbons (Fsp3) is 0.318. The van der Waals surface area contributed by atoms with Crippen LogP contribution in [0.2, 0.25) is 0 Å². The van der Waals surface area contributed by atoms with E-state index in [4.69, 9.17) is 0 Å². The molecule has 5 rings (SSSR count). The van der Waals surface area contributed by atoms with E-state index in [1.165, 1.54) is 6.42 Å². The lowest BCUT2D eigenvalue weighted by molar-refractivity contribution is 0.0945. The number of sulfonamides is 1. The average molecular weight is 410 g/mol. The van der Waals surface area contributed by atoms with Crippen LogP contribution in [-0.2, 0) is 10.0 Å². The second-order valence-corrected chi connectivity index (χ2v) is 9.75. The molecule has 0 spiro atoms. The van der Waals surface area contributed by atoms with E-state index in [1.807, 2.05) is 0 Å². The van der Waals surface area contributed by atoms with Crippen LogP contribution >= 0.6 is 0 Å². The predicted molar refractivity (Wildman–Crippen MR) is 111 cm³/mol. The van der Waals surface area contributed by atoms with Crippen LogP contribution in [0.4, 0.5) is 5.69 Å². The first kappa shape index (κ1) is 18.4. The van der Waals surface area contributed by atoms with Gasteiger partial charge in [0.15, 0.2) is 0 Å².